The number of H-pyrrole nitrogens is 1. The van der Waals surface area contributed by atoms with Gasteiger partial charge < -0.3 is 20.1 Å². The summed E-state index contributed by atoms with van der Waals surface area (Å²) in [5.41, 5.74) is 1.28. The molecule has 1 saturated carbocycles. The fourth-order valence-electron chi connectivity index (χ4n) is 4.56. The van der Waals surface area contributed by atoms with E-state index in [-0.39, 0.29) is 17.1 Å². The van der Waals surface area contributed by atoms with Crippen LogP contribution < -0.4 is 10.2 Å². The zero-order valence-electron chi connectivity index (χ0n) is 16.8. The first-order valence-electron chi connectivity index (χ1n) is 9.97. The first-order valence-corrected chi connectivity index (χ1v) is 9.97. The number of nitrogens with zero attached hydrogens (tertiary/aromatic N) is 4. The fraction of sp³-hybridized carbons (Fsp3) is 0.381. The van der Waals surface area contributed by atoms with Gasteiger partial charge in [-0.3, -0.25) is 4.98 Å². The van der Waals surface area contributed by atoms with Crippen LogP contribution in [0.25, 0.3) is 11.0 Å². The Bertz CT molecular complexity index is 1130. The maximum Gasteiger partial charge on any atom is 0.417 e. The molecular weight excluding hydrogens is 409 g/mol. The molecule has 31 heavy (non-hydrogen) atoms. The second-order valence-electron chi connectivity index (χ2n) is 8.53. The Kier molecular flexibility index (Phi) is 4.35. The van der Waals surface area contributed by atoms with Crippen LogP contribution in [-0.2, 0) is 6.18 Å². The highest BCUT2D eigenvalue weighted by Crippen LogP contribution is 2.51. The second-order valence-corrected chi connectivity index (χ2v) is 8.53. The topological polar surface area (TPSA) is 77.2 Å². The van der Waals surface area contributed by atoms with Crippen LogP contribution in [0.1, 0.15) is 18.4 Å². The van der Waals surface area contributed by atoms with Gasteiger partial charge in [0.2, 0.25) is 0 Å². The number of amides is 2. The summed E-state index contributed by atoms with van der Waals surface area (Å²) in [4.78, 5) is 27.4. The molecule has 1 spiro atoms. The van der Waals surface area contributed by atoms with Crippen LogP contribution >= 0.6 is 0 Å². The van der Waals surface area contributed by atoms with Crippen molar-refractivity contribution in [3.8, 4) is 0 Å². The normalized spacial score (nSPS) is 18.0. The molecule has 0 bridgehead atoms. The highest BCUT2D eigenvalue weighted by atomic mass is 19.4. The van der Waals surface area contributed by atoms with E-state index in [1.165, 1.54) is 6.20 Å². The van der Waals surface area contributed by atoms with E-state index in [4.69, 9.17) is 0 Å². The molecule has 3 aromatic rings. The molecule has 0 aromatic carbocycles. The van der Waals surface area contributed by atoms with Gasteiger partial charge in [0.05, 0.1) is 29.3 Å². The molecule has 0 unspecified atom stereocenters. The average Bonchev–Trinajstić information content (AvgIpc) is 3.13. The minimum absolute atomic E-state index is 0.0307. The van der Waals surface area contributed by atoms with Crippen molar-refractivity contribution in [2.45, 2.75) is 25.1 Å². The third kappa shape index (κ3) is 3.55. The summed E-state index contributed by atoms with van der Waals surface area (Å²) in [6, 6.07) is 4.63. The number of hydrogen-bond acceptors (Lipinski definition) is 4. The van der Waals surface area contributed by atoms with Crippen LogP contribution in [0, 0.1) is 5.41 Å². The molecule has 0 radical (unpaired) electrons. The van der Waals surface area contributed by atoms with Crippen molar-refractivity contribution in [1.82, 2.24) is 19.9 Å². The lowest BCUT2D eigenvalue weighted by atomic mass is 9.60. The van der Waals surface area contributed by atoms with Gasteiger partial charge >= 0.3 is 12.2 Å². The number of anilines is 2. The van der Waals surface area contributed by atoms with Gasteiger partial charge in [-0.15, -0.1) is 0 Å². The summed E-state index contributed by atoms with van der Waals surface area (Å²) in [5.74, 6) is 0. The largest absolute Gasteiger partial charge is 0.417 e. The number of alkyl halides is 3. The van der Waals surface area contributed by atoms with Crippen LogP contribution in [0.2, 0.25) is 0 Å². The van der Waals surface area contributed by atoms with Crippen LogP contribution in [-0.4, -0.2) is 52.1 Å². The number of hydrogen-bond donors (Lipinski definition) is 2. The van der Waals surface area contributed by atoms with E-state index in [2.05, 4.69) is 31.2 Å². The Morgan fingerprint density at radius 1 is 1.26 bits per heavy atom. The number of rotatable bonds is 3. The number of carbonyl (C=O) groups is 1. The number of aromatic amines is 1. The standard InChI is InChI=1S/C21H21F3N6O/c1-29(19(31)28-15-5-14(8-25-9-15)21(22,23)24)17-6-20(7-17)11-30(12-20)16-4-13-2-3-26-18(13)27-10-16/h2-5,8-10,17H,6-7,11-12H2,1H3,(H,26,27)(H,28,31). The van der Waals surface area contributed by atoms with Crippen molar-refractivity contribution in [2.24, 2.45) is 5.41 Å². The Balaban J connectivity index is 1.15. The van der Waals surface area contributed by atoms with Crippen LogP contribution in [0.3, 0.4) is 0 Å². The summed E-state index contributed by atoms with van der Waals surface area (Å²) in [5, 5.41) is 3.59. The Morgan fingerprint density at radius 3 is 2.77 bits per heavy atom. The summed E-state index contributed by atoms with van der Waals surface area (Å²) in [7, 11) is 1.67. The molecule has 3 aromatic heterocycles. The maximum atomic E-state index is 12.8. The summed E-state index contributed by atoms with van der Waals surface area (Å²) >= 11 is 0. The van der Waals surface area contributed by atoms with E-state index in [1.54, 1.807) is 11.9 Å². The number of halogens is 3. The lowest BCUT2D eigenvalue weighted by molar-refractivity contribution is -0.137. The monoisotopic (exact) mass is 430 g/mol. The molecule has 1 aliphatic heterocycles. The van der Waals surface area contributed by atoms with E-state index in [1.807, 2.05) is 18.5 Å². The van der Waals surface area contributed by atoms with Gasteiger partial charge in [0.25, 0.3) is 0 Å². The van der Waals surface area contributed by atoms with Crippen molar-refractivity contribution in [2.75, 3.05) is 30.4 Å². The van der Waals surface area contributed by atoms with E-state index in [0.29, 0.717) is 0 Å². The molecule has 0 atom stereocenters. The second kappa shape index (κ2) is 6.86. The first-order chi connectivity index (χ1) is 14.7. The SMILES string of the molecule is CN(C(=O)Nc1cncc(C(F)(F)F)c1)C1CC2(C1)CN(c1cnc3[nH]ccc3c1)C2. The summed E-state index contributed by atoms with van der Waals surface area (Å²) in [6.07, 6.45) is 2.92. The van der Waals surface area contributed by atoms with E-state index >= 15 is 0 Å². The Hall–Kier alpha value is -3.30. The number of fused-ring (bicyclic) bond motifs is 1. The molecule has 1 aliphatic carbocycles. The highest BCUT2D eigenvalue weighted by molar-refractivity contribution is 5.89. The minimum Gasteiger partial charge on any atom is -0.369 e. The van der Waals surface area contributed by atoms with Crippen LogP contribution in [0.4, 0.5) is 29.3 Å². The van der Waals surface area contributed by atoms with Crippen molar-refractivity contribution in [3.05, 3.63) is 48.5 Å². The van der Waals surface area contributed by atoms with Crippen LogP contribution in [0.15, 0.2) is 43.0 Å². The molecule has 10 heteroatoms. The number of nitrogens with one attached hydrogen (secondary N) is 2. The number of urea groups is 1. The predicted octanol–water partition coefficient (Wildman–Crippen LogP) is 4.11. The molecule has 2 amide bonds. The van der Waals surface area contributed by atoms with E-state index < -0.39 is 17.8 Å². The summed E-state index contributed by atoms with van der Waals surface area (Å²) in [6.45, 7) is 1.82. The molecule has 4 heterocycles. The third-order valence-corrected chi connectivity index (χ3v) is 6.33. The number of aromatic nitrogens is 3. The van der Waals surface area contributed by atoms with Gasteiger partial charge in [-0.1, -0.05) is 0 Å². The van der Waals surface area contributed by atoms with Gasteiger partial charge in [0.1, 0.15) is 5.65 Å². The zero-order valence-corrected chi connectivity index (χ0v) is 16.8. The molecule has 2 N–H and O–H groups in total. The van der Waals surface area contributed by atoms with Crippen molar-refractivity contribution < 1.29 is 18.0 Å². The lowest BCUT2D eigenvalue weighted by Crippen LogP contribution is -2.67. The zero-order chi connectivity index (χ0) is 21.8. The smallest absolute Gasteiger partial charge is 0.369 e. The van der Waals surface area contributed by atoms with Gasteiger partial charge in [-0.2, -0.15) is 13.2 Å². The van der Waals surface area contributed by atoms with E-state index in [0.717, 1.165) is 54.9 Å². The van der Waals surface area contributed by atoms with Crippen molar-refractivity contribution >= 4 is 28.4 Å². The van der Waals surface area contributed by atoms with Gasteiger partial charge in [0.15, 0.2) is 0 Å². The van der Waals surface area contributed by atoms with Crippen molar-refractivity contribution in [3.63, 3.8) is 0 Å². The Labute approximate surface area is 176 Å². The molecule has 7 nitrogen and oxygen atoms in total. The molecule has 5 rings (SSSR count). The molecule has 2 fully saturated rings. The maximum absolute atomic E-state index is 12.8. The predicted molar refractivity (Wildman–Crippen MR) is 110 cm³/mol. The molecular formula is C21H21F3N6O. The quantitative estimate of drug-likeness (QED) is 0.656. The van der Waals surface area contributed by atoms with Gasteiger partial charge in [-0.25, -0.2) is 9.78 Å². The molecule has 2 aliphatic rings. The van der Waals surface area contributed by atoms with E-state index in [9.17, 15) is 18.0 Å². The molecule has 162 valence electrons. The molecule has 1 saturated heterocycles. The van der Waals surface area contributed by atoms with Crippen LogP contribution in [0.5, 0.6) is 0 Å². The van der Waals surface area contributed by atoms with Gasteiger partial charge in [-0.05, 0) is 31.0 Å². The summed E-state index contributed by atoms with van der Waals surface area (Å²) < 4.78 is 38.5. The fourth-order valence-corrected chi connectivity index (χ4v) is 4.56. The minimum atomic E-state index is -4.50. The number of pyridine rings is 2. The average molecular weight is 430 g/mol. The highest BCUT2D eigenvalue weighted by Gasteiger charge is 2.54. The number of carbonyl (C=O) groups excluding carboxylic acids is 1. The Morgan fingerprint density at radius 2 is 2.03 bits per heavy atom. The lowest BCUT2D eigenvalue weighted by Gasteiger charge is -2.61. The first kappa shape index (κ1) is 19.7. The van der Waals surface area contributed by atoms with Crippen molar-refractivity contribution in [1.29, 1.82) is 0 Å². The van der Waals surface area contributed by atoms with Gasteiger partial charge in [0, 0.05) is 49.4 Å². The third-order valence-electron chi connectivity index (χ3n) is 6.33.